The van der Waals surface area contributed by atoms with Gasteiger partial charge >= 0.3 is 6.03 Å². The Morgan fingerprint density at radius 2 is 2.43 bits per heavy atom. The summed E-state index contributed by atoms with van der Waals surface area (Å²) in [5.74, 6) is 0.439. The Hall–Kier alpha value is -1.07. The summed E-state index contributed by atoms with van der Waals surface area (Å²) in [7, 11) is 0. The first-order chi connectivity index (χ1) is 10.2. The number of hydrogen-bond acceptors (Lipinski definition) is 3. The molecule has 2 N–H and O–H groups in total. The lowest BCUT2D eigenvalue weighted by molar-refractivity contribution is 0.131. The van der Waals surface area contributed by atoms with E-state index in [1.807, 2.05) is 4.90 Å². The lowest BCUT2D eigenvalue weighted by atomic mass is 10.00. The second kappa shape index (κ2) is 8.39. The summed E-state index contributed by atoms with van der Waals surface area (Å²) in [4.78, 5) is 15.6. The van der Waals surface area contributed by atoms with Gasteiger partial charge in [-0.15, -0.1) is 11.3 Å². The van der Waals surface area contributed by atoms with Crippen LogP contribution in [0.4, 0.5) is 4.79 Å². The van der Waals surface area contributed by atoms with Crippen LogP contribution in [0.1, 0.15) is 37.5 Å². The van der Waals surface area contributed by atoms with E-state index < -0.39 is 0 Å². The molecule has 1 saturated heterocycles. The number of urea groups is 1. The third-order valence-electron chi connectivity index (χ3n) is 4.08. The minimum Gasteiger partial charge on any atom is -0.396 e. The van der Waals surface area contributed by atoms with E-state index in [1.165, 1.54) is 4.88 Å². The van der Waals surface area contributed by atoms with Gasteiger partial charge in [0, 0.05) is 30.6 Å². The third-order valence-corrected chi connectivity index (χ3v) is 4.98. The summed E-state index contributed by atoms with van der Waals surface area (Å²) >= 11 is 1.77. The maximum atomic E-state index is 12.3. The van der Waals surface area contributed by atoms with Crippen LogP contribution in [0, 0.1) is 5.92 Å². The number of nitrogens with zero attached hydrogens (tertiary/aromatic N) is 1. The van der Waals surface area contributed by atoms with Gasteiger partial charge in [0.1, 0.15) is 0 Å². The zero-order valence-corrected chi connectivity index (χ0v) is 13.6. The Morgan fingerprint density at radius 1 is 1.57 bits per heavy atom. The number of piperidine rings is 1. The highest BCUT2D eigenvalue weighted by Crippen LogP contribution is 2.19. The summed E-state index contributed by atoms with van der Waals surface area (Å²) in [5, 5.41) is 14.3. The molecule has 1 aliphatic heterocycles. The van der Waals surface area contributed by atoms with Gasteiger partial charge in [0.2, 0.25) is 0 Å². The van der Waals surface area contributed by atoms with Crippen LogP contribution in [0.25, 0.3) is 0 Å². The Balaban J connectivity index is 1.77. The zero-order chi connectivity index (χ0) is 15.1. The highest BCUT2D eigenvalue weighted by atomic mass is 32.1. The maximum Gasteiger partial charge on any atom is 0.317 e. The molecule has 1 fully saturated rings. The lowest BCUT2D eigenvalue weighted by Gasteiger charge is -2.35. The highest BCUT2D eigenvalue weighted by Gasteiger charge is 2.26. The van der Waals surface area contributed by atoms with Crippen molar-refractivity contribution in [3.05, 3.63) is 22.4 Å². The number of aliphatic hydroxyl groups is 1. The number of hydrogen-bond donors (Lipinski definition) is 2. The number of carbonyl (C=O) groups is 1. The third kappa shape index (κ3) is 5.00. The summed E-state index contributed by atoms with van der Waals surface area (Å²) in [6, 6.07) is 4.45. The molecule has 2 atom stereocenters. The van der Waals surface area contributed by atoms with Crippen molar-refractivity contribution in [3.8, 4) is 0 Å². The summed E-state index contributed by atoms with van der Waals surface area (Å²) in [6.45, 7) is 3.85. The van der Waals surface area contributed by atoms with Crippen LogP contribution in [-0.4, -0.2) is 41.8 Å². The van der Waals surface area contributed by atoms with Crippen LogP contribution in [0.2, 0.25) is 0 Å². The van der Waals surface area contributed by atoms with Gasteiger partial charge in [-0.1, -0.05) is 13.0 Å². The van der Waals surface area contributed by atoms with Crippen LogP contribution in [0.5, 0.6) is 0 Å². The second-order valence-electron chi connectivity index (χ2n) is 5.93. The van der Waals surface area contributed by atoms with Crippen LogP contribution >= 0.6 is 11.3 Å². The summed E-state index contributed by atoms with van der Waals surface area (Å²) < 4.78 is 0. The largest absolute Gasteiger partial charge is 0.396 e. The quantitative estimate of drug-likeness (QED) is 0.849. The smallest absolute Gasteiger partial charge is 0.317 e. The first kappa shape index (κ1) is 16.3. The van der Waals surface area contributed by atoms with Crippen molar-refractivity contribution < 1.29 is 9.90 Å². The number of aliphatic hydroxyl groups excluding tert-OH is 1. The second-order valence-corrected chi connectivity index (χ2v) is 6.96. The molecular formula is C16H26N2O2S. The van der Waals surface area contributed by atoms with Crippen LogP contribution in [-0.2, 0) is 6.42 Å². The molecular weight excluding hydrogens is 284 g/mol. The molecule has 0 saturated carbocycles. The minimum atomic E-state index is 0.0335. The Bertz CT molecular complexity index is 420. The Labute approximate surface area is 131 Å². The van der Waals surface area contributed by atoms with E-state index in [0.717, 1.165) is 32.2 Å². The fourth-order valence-electron chi connectivity index (χ4n) is 2.92. The number of carbonyl (C=O) groups excluding carboxylic acids is 1. The molecule has 2 amide bonds. The molecule has 21 heavy (non-hydrogen) atoms. The van der Waals surface area contributed by atoms with E-state index in [-0.39, 0.29) is 18.7 Å². The fourth-order valence-corrected chi connectivity index (χ4v) is 3.79. The molecule has 118 valence electrons. The average Bonchev–Trinajstić information content (AvgIpc) is 2.98. The topological polar surface area (TPSA) is 52.6 Å². The van der Waals surface area contributed by atoms with E-state index in [0.29, 0.717) is 18.9 Å². The van der Waals surface area contributed by atoms with Gasteiger partial charge in [-0.3, -0.25) is 0 Å². The first-order valence-electron chi connectivity index (χ1n) is 7.88. The van der Waals surface area contributed by atoms with Crippen LogP contribution < -0.4 is 5.32 Å². The molecule has 4 nitrogen and oxygen atoms in total. The Kier molecular flexibility index (Phi) is 6.51. The normalized spacial score (nSPS) is 20.3. The molecule has 2 heterocycles. The molecule has 5 heteroatoms. The highest BCUT2D eigenvalue weighted by molar-refractivity contribution is 7.09. The summed E-state index contributed by atoms with van der Waals surface area (Å²) in [5.41, 5.74) is 0. The van der Waals surface area contributed by atoms with Crippen LogP contribution in [0.15, 0.2) is 17.5 Å². The predicted molar refractivity (Wildman–Crippen MR) is 86.6 cm³/mol. The molecule has 1 aromatic rings. The van der Waals surface area contributed by atoms with E-state index in [4.69, 9.17) is 5.11 Å². The molecule has 0 radical (unpaired) electrons. The minimum absolute atomic E-state index is 0.0335. The van der Waals surface area contributed by atoms with Gasteiger partial charge in [-0.2, -0.15) is 0 Å². The molecule has 0 spiro atoms. The molecule has 1 aliphatic rings. The van der Waals surface area contributed by atoms with Gasteiger partial charge in [-0.25, -0.2) is 4.79 Å². The molecule has 0 aromatic carbocycles. The van der Waals surface area contributed by atoms with E-state index in [9.17, 15) is 4.79 Å². The number of amides is 2. The van der Waals surface area contributed by atoms with Crippen molar-refractivity contribution in [2.45, 2.75) is 45.1 Å². The monoisotopic (exact) mass is 310 g/mol. The van der Waals surface area contributed by atoms with Crippen molar-refractivity contribution in [1.82, 2.24) is 10.2 Å². The zero-order valence-electron chi connectivity index (χ0n) is 12.8. The van der Waals surface area contributed by atoms with Gasteiger partial charge < -0.3 is 15.3 Å². The molecule has 2 unspecified atom stereocenters. The maximum absolute atomic E-state index is 12.3. The van der Waals surface area contributed by atoms with Crippen molar-refractivity contribution in [2.75, 3.05) is 19.7 Å². The predicted octanol–water partition coefficient (Wildman–Crippen LogP) is 2.87. The van der Waals surface area contributed by atoms with Crippen molar-refractivity contribution in [1.29, 1.82) is 0 Å². The van der Waals surface area contributed by atoms with Gasteiger partial charge in [0.15, 0.2) is 0 Å². The van der Waals surface area contributed by atoms with E-state index in [1.54, 1.807) is 11.3 Å². The van der Waals surface area contributed by atoms with Crippen molar-refractivity contribution in [3.63, 3.8) is 0 Å². The SMILES string of the molecule is CC(CNC(=O)N1CCCCC1CCO)Cc1cccs1. The van der Waals surface area contributed by atoms with Gasteiger partial charge in [0.25, 0.3) is 0 Å². The summed E-state index contributed by atoms with van der Waals surface area (Å²) in [6.07, 6.45) is 4.94. The number of rotatable bonds is 6. The average molecular weight is 310 g/mol. The number of nitrogens with one attached hydrogen (secondary N) is 1. The van der Waals surface area contributed by atoms with E-state index in [2.05, 4.69) is 29.8 Å². The number of likely N-dealkylation sites (tertiary alicyclic amines) is 1. The van der Waals surface area contributed by atoms with Crippen molar-refractivity contribution >= 4 is 17.4 Å². The van der Waals surface area contributed by atoms with Crippen molar-refractivity contribution in [2.24, 2.45) is 5.92 Å². The molecule has 0 bridgehead atoms. The standard InChI is InChI=1S/C16H26N2O2S/c1-13(11-15-6-4-10-21-15)12-17-16(20)18-8-3-2-5-14(18)7-9-19/h4,6,10,13-14,19H,2-3,5,7-9,11-12H2,1H3,(H,17,20). The fraction of sp³-hybridized carbons (Fsp3) is 0.688. The Morgan fingerprint density at radius 3 is 3.14 bits per heavy atom. The van der Waals surface area contributed by atoms with Gasteiger partial charge in [0.05, 0.1) is 0 Å². The molecule has 1 aromatic heterocycles. The first-order valence-corrected chi connectivity index (χ1v) is 8.76. The molecule has 2 rings (SSSR count). The van der Waals surface area contributed by atoms with Crippen LogP contribution in [0.3, 0.4) is 0 Å². The van der Waals surface area contributed by atoms with Gasteiger partial charge in [-0.05, 0) is 49.5 Å². The number of thiophene rings is 1. The lowest BCUT2D eigenvalue weighted by Crippen LogP contribution is -2.49. The molecule has 0 aliphatic carbocycles. The van der Waals surface area contributed by atoms with E-state index >= 15 is 0 Å².